The third kappa shape index (κ3) is 5.11. The largest absolute Gasteiger partial charge is 0.497 e. The number of fused-ring (bicyclic) bond motifs is 1. The fourth-order valence-electron chi connectivity index (χ4n) is 3.84. The Hall–Kier alpha value is -3.94. The van der Waals surface area contributed by atoms with E-state index >= 15 is 0 Å². The van der Waals surface area contributed by atoms with Crippen LogP contribution >= 0.6 is 0 Å². The maximum absolute atomic E-state index is 12.6. The molecule has 0 bridgehead atoms. The molecule has 1 amide bonds. The number of carbonyl (C=O) groups excluding carboxylic acids is 2. The summed E-state index contributed by atoms with van der Waals surface area (Å²) in [6, 6.07) is 12.0. The molecule has 170 valence electrons. The van der Waals surface area contributed by atoms with Gasteiger partial charge in [0, 0.05) is 42.6 Å². The molecule has 3 aromatic rings. The average Bonchev–Trinajstić information content (AvgIpc) is 2.77. The lowest BCUT2D eigenvalue weighted by molar-refractivity contribution is 0.0910. The summed E-state index contributed by atoms with van der Waals surface area (Å²) in [4.78, 5) is 44.5. The van der Waals surface area contributed by atoms with Crippen molar-refractivity contribution in [2.75, 3.05) is 7.11 Å². The molecule has 8 heteroatoms. The molecule has 4 rings (SSSR count). The Bertz CT molecular complexity index is 1260. The lowest BCUT2D eigenvalue weighted by Gasteiger charge is -2.29. The molecule has 0 atom stereocenters. The van der Waals surface area contributed by atoms with Crippen LogP contribution < -0.4 is 20.3 Å². The second-order valence-electron chi connectivity index (χ2n) is 8.81. The number of rotatable bonds is 6. The fourth-order valence-corrected chi connectivity index (χ4v) is 3.84. The Morgan fingerprint density at radius 3 is 2.64 bits per heavy atom. The third-order valence-electron chi connectivity index (χ3n) is 5.48. The Morgan fingerprint density at radius 1 is 1.12 bits per heavy atom. The second kappa shape index (κ2) is 8.90. The molecular formula is C25H25N3O5. The van der Waals surface area contributed by atoms with Gasteiger partial charge in [-0.1, -0.05) is 26.0 Å². The summed E-state index contributed by atoms with van der Waals surface area (Å²) in [5.74, 6) is 1.04. The number of carbonyl (C=O) groups is 2. The monoisotopic (exact) mass is 447 g/mol. The Morgan fingerprint density at radius 2 is 1.91 bits per heavy atom. The Kier molecular flexibility index (Phi) is 6.00. The van der Waals surface area contributed by atoms with Crippen LogP contribution in [0, 0.1) is 5.41 Å². The standard InChI is InChI=1S/C25H25N3O5/c1-25(2)11-20-18(21(29)12-25)10-19(24(31)28-20)23(30)27-14-15-7-8-22(26-13-15)33-17-6-4-5-16(9-17)32-3/h4-10,13H,11-12,14H2,1-3H3,(H,27,30)(H,28,31). The van der Waals surface area contributed by atoms with E-state index in [4.69, 9.17) is 9.47 Å². The zero-order chi connectivity index (χ0) is 23.6. The first-order valence-electron chi connectivity index (χ1n) is 10.6. The predicted octanol–water partition coefficient (Wildman–Crippen LogP) is 3.66. The molecule has 0 saturated carbocycles. The SMILES string of the molecule is COc1cccc(Oc2ccc(CNC(=O)c3cc4c([nH]c3=O)CC(C)(C)CC4=O)cn2)c1. The number of methoxy groups -OCH3 is 1. The van der Waals surface area contributed by atoms with Gasteiger partial charge in [0.1, 0.15) is 17.1 Å². The molecule has 2 aromatic heterocycles. The maximum Gasteiger partial charge on any atom is 0.261 e. The number of aromatic nitrogens is 2. The Balaban J connectivity index is 1.41. The van der Waals surface area contributed by atoms with Gasteiger partial charge in [-0.2, -0.15) is 0 Å². The summed E-state index contributed by atoms with van der Waals surface area (Å²) in [5, 5.41) is 2.71. The van der Waals surface area contributed by atoms with Gasteiger partial charge < -0.3 is 19.8 Å². The highest BCUT2D eigenvalue weighted by Crippen LogP contribution is 2.33. The molecule has 0 radical (unpaired) electrons. The maximum atomic E-state index is 12.6. The van der Waals surface area contributed by atoms with E-state index in [9.17, 15) is 14.4 Å². The highest BCUT2D eigenvalue weighted by molar-refractivity contribution is 6.02. The van der Waals surface area contributed by atoms with Crippen molar-refractivity contribution in [1.82, 2.24) is 15.3 Å². The van der Waals surface area contributed by atoms with Gasteiger partial charge in [0.05, 0.1) is 7.11 Å². The first kappa shape index (κ1) is 22.3. The number of pyridine rings is 2. The predicted molar refractivity (Wildman–Crippen MR) is 122 cm³/mol. The number of aromatic amines is 1. The van der Waals surface area contributed by atoms with E-state index in [1.165, 1.54) is 6.07 Å². The van der Waals surface area contributed by atoms with Crippen LogP contribution in [0.3, 0.4) is 0 Å². The van der Waals surface area contributed by atoms with Crippen LogP contribution in [-0.4, -0.2) is 28.8 Å². The summed E-state index contributed by atoms with van der Waals surface area (Å²) in [6.07, 6.45) is 2.54. The van der Waals surface area contributed by atoms with E-state index in [2.05, 4.69) is 15.3 Å². The number of benzene rings is 1. The van der Waals surface area contributed by atoms with Crippen LogP contribution in [0.2, 0.25) is 0 Å². The summed E-state index contributed by atoms with van der Waals surface area (Å²) in [6.45, 7) is 4.13. The van der Waals surface area contributed by atoms with Crippen LogP contribution in [0.25, 0.3) is 0 Å². The van der Waals surface area contributed by atoms with Gasteiger partial charge in [-0.3, -0.25) is 14.4 Å². The minimum atomic E-state index is -0.548. The first-order chi connectivity index (χ1) is 15.7. The smallest absolute Gasteiger partial charge is 0.261 e. The van der Waals surface area contributed by atoms with Crippen molar-refractivity contribution in [3.63, 3.8) is 0 Å². The van der Waals surface area contributed by atoms with Crippen molar-refractivity contribution in [3.8, 4) is 17.4 Å². The lowest BCUT2D eigenvalue weighted by atomic mass is 9.75. The molecule has 1 aliphatic carbocycles. The second-order valence-corrected chi connectivity index (χ2v) is 8.81. The minimum absolute atomic E-state index is 0.0672. The van der Waals surface area contributed by atoms with E-state index in [-0.39, 0.29) is 23.3 Å². The zero-order valence-corrected chi connectivity index (χ0v) is 18.7. The van der Waals surface area contributed by atoms with Crippen molar-refractivity contribution in [2.45, 2.75) is 33.2 Å². The molecule has 0 unspecified atom stereocenters. The van der Waals surface area contributed by atoms with Gasteiger partial charge >= 0.3 is 0 Å². The van der Waals surface area contributed by atoms with Crippen LogP contribution in [-0.2, 0) is 13.0 Å². The molecule has 1 aliphatic rings. The number of hydrogen-bond acceptors (Lipinski definition) is 6. The number of Topliss-reactive ketones (excluding diaryl/α,β-unsaturated/α-hetero) is 1. The van der Waals surface area contributed by atoms with Gasteiger partial charge in [0.25, 0.3) is 11.5 Å². The highest BCUT2D eigenvalue weighted by atomic mass is 16.5. The molecule has 0 saturated heterocycles. The van der Waals surface area contributed by atoms with Crippen molar-refractivity contribution in [2.24, 2.45) is 5.41 Å². The Labute approximate surface area is 191 Å². The molecule has 2 heterocycles. The number of ketones is 1. The molecule has 8 nitrogen and oxygen atoms in total. The lowest BCUT2D eigenvalue weighted by Crippen LogP contribution is -2.34. The number of nitrogens with zero attached hydrogens (tertiary/aromatic N) is 1. The van der Waals surface area contributed by atoms with E-state index in [1.54, 1.807) is 37.6 Å². The van der Waals surface area contributed by atoms with Crippen LogP contribution in [0.1, 0.15) is 52.2 Å². The molecule has 33 heavy (non-hydrogen) atoms. The molecule has 0 fully saturated rings. The van der Waals surface area contributed by atoms with Gasteiger partial charge in [-0.05, 0) is 35.6 Å². The molecular weight excluding hydrogens is 422 g/mol. The van der Waals surface area contributed by atoms with E-state index in [0.717, 1.165) is 5.56 Å². The van der Waals surface area contributed by atoms with Crippen LogP contribution in [0.4, 0.5) is 0 Å². The highest BCUT2D eigenvalue weighted by Gasteiger charge is 2.32. The van der Waals surface area contributed by atoms with Crippen LogP contribution in [0.5, 0.6) is 17.4 Å². The summed E-state index contributed by atoms with van der Waals surface area (Å²) in [7, 11) is 1.58. The van der Waals surface area contributed by atoms with Gasteiger partial charge in [-0.25, -0.2) is 4.98 Å². The fraction of sp³-hybridized carbons (Fsp3) is 0.280. The molecule has 0 spiro atoms. The zero-order valence-electron chi connectivity index (χ0n) is 18.7. The van der Waals surface area contributed by atoms with E-state index < -0.39 is 11.5 Å². The van der Waals surface area contributed by atoms with E-state index in [1.807, 2.05) is 26.0 Å². The molecule has 2 N–H and O–H groups in total. The number of nitrogens with one attached hydrogen (secondary N) is 2. The van der Waals surface area contributed by atoms with Gasteiger partial charge in [0.15, 0.2) is 5.78 Å². The topological polar surface area (TPSA) is 110 Å². The normalized spacial score (nSPS) is 14.3. The quantitative estimate of drug-likeness (QED) is 0.597. The number of hydrogen-bond donors (Lipinski definition) is 2. The van der Waals surface area contributed by atoms with E-state index in [0.29, 0.717) is 41.5 Å². The minimum Gasteiger partial charge on any atom is -0.497 e. The van der Waals surface area contributed by atoms with Gasteiger partial charge in [0.2, 0.25) is 5.88 Å². The third-order valence-corrected chi connectivity index (χ3v) is 5.48. The summed E-state index contributed by atoms with van der Waals surface area (Å²) in [5.41, 5.74) is 0.943. The van der Waals surface area contributed by atoms with Gasteiger partial charge in [-0.15, -0.1) is 0 Å². The number of ether oxygens (including phenoxy) is 2. The number of H-pyrrole nitrogens is 1. The summed E-state index contributed by atoms with van der Waals surface area (Å²) >= 11 is 0. The van der Waals surface area contributed by atoms with Crippen molar-refractivity contribution >= 4 is 11.7 Å². The average molecular weight is 447 g/mol. The first-order valence-corrected chi connectivity index (χ1v) is 10.6. The summed E-state index contributed by atoms with van der Waals surface area (Å²) < 4.78 is 10.9. The number of amides is 1. The molecule has 1 aromatic carbocycles. The van der Waals surface area contributed by atoms with Crippen molar-refractivity contribution < 1.29 is 19.1 Å². The van der Waals surface area contributed by atoms with Crippen molar-refractivity contribution in [1.29, 1.82) is 0 Å². The molecule has 0 aliphatic heterocycles. The van der Waals surface area contributed by atoms with Crippen LogP contribution in [0.15, 0.2) is 53.5 Å². The van der Waals surface area contributed by atoms with Crippen molar-refractivity contribution in [3.05, 3.63) is 81.4 Å².